The second kappa shape index (κ2) is 3.90. The maximum atomic E-state index is 12.6. The average molecular weight is 268 g/mol. The van der Waals surface area contributed by atoms with E-state index in [0.717, 1.165) is 19.9 Å². The van der Waals surface area contributed by atoms with Gasteiger partial charge in [-0.15, -0.1) is 0 Å². The van der Waals surface area contributed by atoms with Crippen LogP contribution in [0.2, 0.25) is 5.02 Å². The molecule has 0 saturated heterocycles. The Hall–Kier alpha value is -1.24. The number of nitrogens with one attached hydrogen (secondary N) is 1. The highest BCUT2D eigenvalue weighted by Crippen LogP contribution is 2.36. The van der Waals surface area contributed by atoms with Crippen LogP contribution in [0.1, 0.15) is 29.0 Å². The summed E-state index contributed by atoms with van der Waals surface area (Å²) in [5.74, 6) is -0.663. The molecular formula is C9H9ClF3N3O. The third-order valence-corrected chi connectivity index (χ3v) is 2.74. The number of nitrogens with zero attached hydrogens (tertiary/aromatic N) is 2. The number of aromatic nitrogens is 2. The first kappa shape index (κ1) is 12.2. The number of carbonyl (C=O) groups excluding carboxylic acids is 1. The lowest BCUT2D eigenvalue weighted by molar-refractivity contribution is -0.143. The molecule has 1 aliphatic carbocycles. The van der Waals surface area contributed by atoms with Crippen molar-refractivity contribution in [2.24, 2.45) is 7.05 Å². The Bertz CT molecular complexity index is 465. The first-order valence-corrected chi connectivity index (χ1v) is 5.29. The molecule has 0 aliphatic heterocycles. The van der Waals surface area contributed by atoms with Crippen LogP contribution in [0.4, 0.5) is 13.2 Å². The van der Waals surface area contributed by atoms with Crippen LogP contribution < -0.4 is 5.32 Å². The molecule has 8 heteroatoms. The van der Waals surface area contributed by atoms with E-state index in [1.807, 2.05) is 0 Å². The van der Waals surface area contributed by atoms with Gasteiger partial charge in [-0.1, -0.05) is 11.6 Å². The van der Waals surface area contributed by atoms with Crippen molar-refractivity contribution in [1.29, 1.82) is 0 Å². The van der Waals surface area contributed by atoms with E-state index in [-0.39, 0.29) is 11.7 Å². The topological polar surface area (TPSA) is 46.9 Å². The van der Waals surface area contributed by atoms with Crippen molar-refractivity contribution in [1.82, 2.24) is 15.1 Å². The lowest BCUT2D eigenvalue weighted by Gasteiger charge is -2.06. The van der Waals surface area contributed by atoms with Crippen LogP contribution in [0.5, 0.6) is 0 Å². The summed E-state index contributed by atoms with van der Waals surface area (Å²) in [6.07, 6.45) is -2.96. The number of hydrogen-bond acceptors (Lipinski definition) is 2. The zero-order chi connectivity index (χ0) is 12.8. The Balaban J connectivity index is 2.32. The van der Waals surface area contributed by atoms with Gasteiger partial charge in [0.05, 0.1) is 0 Å². The van der Waals surface area contributed by atoms with E-state index in [4.69, 9.17) is 11.6 Å². The minimum Gasteiger partial charge on any atom is -0.348 e. The largest absolute Gasteiger partial charge is 0.434 e. The van der Waals surface area contributed by atoms with Crippen molar-refractivity contribution in [3.05, 3.63) is 16.4 Å². The summed E-state index contributed by atoms with van der Waals surface area (Å²) >= 11 is 5.55. The Morgan fingerprint density at radius 3 is 2.53 bits per heavy atom. The first-order chi connectivity index (χ1) is 7.80. The molecule has 1 fully saturated rings. The van der Waals surface area contributed by atoms with Gasteiger partial charge in [-0.2, -0.15) is 18.3 Å². The maximum absolute atomic E-state index is 12.6. The van der Waals surface area contributed by atoms with E-state index >= 15 is 0 Å². The minimum atomic E-state index is -4.63. The van der Waals surface area contributed by atoms with Crippen molar-refractivity contribution in [2.75, 3.05) is 0 Å². The Morgan fingerprint density at radius 2 is 2.12 bits per heavy atom. The standard InChI is InChI=1S/C9H9ClF3N3O/c1-16-7(9(11,12)13)5(10)6(15-16)8(17)14-4-2-3-4/h4H,2-3H2,1H3,(H,14,17). The molecule has 1 aromatic heterocycles. The molecule has 0 aromatic carbocycles. The summed E-state index contributed by atoms with van der Waals surface area (Å²) in [6, 6.07) is 0.0370. The van der Waals surface area contributed by atoms with Gasteiger partial charge < -0.3 is 5.32 Å². The predicted molar refractivity (Wildman–Crippen MR) is 53.7 cm³/mol. The summed E-state index contributed by atoms with van der Waals surface area (Å²) in [6.45, 7) is 0. The van der Waals surface area contributed by atoms with Gasteiger partial charge in [0.2, 0.25) is 0 Å². The molecule has 1 aliphatic rings. The lowest BCUT2D eigenvalue weighted by atomic mass is 10.3. The fourth-order valence-electron chi connectivity index (χ4n) is 1.43. The highest BCUT2D eigenvalue weighted by molar-refractivity contribution is 6.34. The average Bonchev–Trinajstić information content (AvgIpc) is 2.90. The van der Waals surface area contributed by atoms with E-state index in [1.54, 1.807) is 0 Å². The quantitative estimate of drug-likeness (QED) is 0.891. The molecule has 0 unspecified atom stereocenters. The SMILES string of the molecule is Cn1nc(C(=O)NC2CC2)c(Cl)c1C(F)(F)F. The summed E-state index contributed by atoms with van der Waals surface area (Å²) < 4.78 is 38.3. The molecular weight excluding hydrogens is 259 g/mol. The van der Waals surface area contributed by atoms with Crippen LogP contribution in [0.25, 0.3) is 0 Å². The Kier molecular flexibility index (Phi) is 2.81. The molecule has 1 saturated carbocycles. The smallest absolute Gasteiger partial charge is 0.348 e. The molecule has 2 rings (SSSR count). The van der Waals surface area contributed by atoms with E-state index in [9.17, 15) is 18.0 Å². The summed E-state index contributed by atoms with van der Waals surface area (Å²) in [4.78, 5) is 11.6. The number of halogens is 4. The summed E-state index contributed by atoms with van der Waals surface area (Å²) in [5, 5.41) is 5.39. The maximum Gasteiger partial charge on any atom is 0.434 e. The zero-order valence-corrected chi connectivity index (χ0v) is 9.56. The Morgan fingerprint density at radius 1 is 1.53 bits per heavy atom. The highest BCUT2D eigenvalue weighted by Gasteiger charge is 2.40. The van der Waals surface area contributed by atoms with Gasteiger partial charge in [0, 0.05) is 13.1 Å². The van der Waals surface area contributed by atoms with Gasteiger partial charge in [-0.3, -0.25) is 9.48 Å². The van der Waals surface area contributed by atoms with Gasteiger partial charge >= 0.3 is 6.18 Å². The fraction of sp³-hybridized carbons (Fsp3) is 0.556. The van der Waals surface area contributed by atoms with Crippen LogP contribution >= 0.6 is 11.6 Å². The molecule has 0 bridgehead atoms. The number of aryl methyl sites for hydroxylation is 1. The number of alkyl halides is 3. The van der Waals surface area contributed by atoms with Gasteiger partial charge in [-0.05, 0) is 12.8 Å². The van der Waals surface area contributed by atoms with E-state index in [2.05, 4.69) is 10.4 Å². The van der Waals surface area contributed by atoms with Crippen LogP contribution in [-0.2, 0) is 13.2 Å². The summed E-state index contributed by atoms with van der Waals surface area (Å²) in [7, 11) is 1.10. The van der Waals surface area contributed by atoms with Crippen molar-refractivity contribution < 1.29 is 18.0 Å². The predicted octanol–water partition coefficient (Wildman–Crippen LogP) is 1.98. The van der Waals surface area contributed by atoms with Crippen LogP contribution in [0, 0.1) is 0 Å². The monoisotopic (exact) mass is 267 g/mol. The summed E-state index contributed by atoms with van der Waals surface area (Å²) in [5.41, 5.74) is -1.49. The number of carbonyl (C=O) groups is 1. The van der Waals surface area contributed by atoms with Crippen molar-refractivity contribution in [3.63, 3.8) is 0 Å². The molecule has 4 nitrogen and oxygen atoms in total. The molecule has 1 aromatic rings. The number of hydrogen-bond donors (Lipinski definition) is 1. The van der Waals surface area contributed by atoms with Crippen LogP contribution in [0.3, 0.4) is 0 Å². The van der Waals surface area contributed by atoms with Gasteiger partial charge in [0.25, 0.3) is 5.91 Å². The van der Waals surface area contributed by atoms with Crippen LogP contribution in [-0.4, -0.2) is 21.7 Å². The van der Waals surface area contributed by atoms with E-state index in [1.165, 1.54) is 0 Å². The van der Waals surface area contributed by atoms with Crippen LogP contribution in [0.15, 0.2) is 0 Å². The Labute approximate surface area is 99.7 Å². The second-order valence-corrected chi connectivity index (χ2v) is 4.26. The van der Waals surface area contributed by atoms with Gasteiger partial charge in [-0.25, -0.2) is 0 Å². The van der Waals surface area contributed by atoms with Crippen molar-refractivity contribution >= 4 is 17.5 Å². The van der Waals surface area contributed by atoms with Gasteiger partial charge in [0.15, 0.2) is 11.4 Å². The van der Waals surface area contributed by atoms with E-state index < -0.39 is 22.8 Å². The number of rotatable bonds is 2. The molecule has 0 spiro atoms. The molecule has 0 atom stereocenters. The second-order valence-electron chi connectivity index (χ2n) is 3.88. The van der Waals surface area contributed by atoms with Crippen molar-refractivity contribution in [3.8, 4) is 0 Å². The molecule has 17 heavy (non-hydrogen) atoms. The molecule has 1 amide bonds. The molecule has 1 heterocycles. The molecule has 0 radical (unpaired) electrons. The first-order valence-electron chi connectivity index (χ1n) is 4.91. The molecule has 94 valence electrons. The molecule has 1 N–H and O–H groups in total. The van der Waals surface area contributed by atoms with Gasteiger partial charge in [0.1, 0.15) is 5.02 Å². The fourth-order valence-corrected chi connectivity index (χ4v) is 1.79. The number of amides is 1. The third kappa shape index (κ3) is 2.38. The minimum absolute atomic E-state index is 0.0370. The van der Waals surface area contributed by atoms with E-state index in [0.29, 0.717) is 4.68 Å². The zero-order valence-electron chi connectivity index (χ0n) is 8.81. The normalized spacial score (nSPS) is 16.1. The third-order valence-electron chi connectivity index (χ3n) is 2.39. The lowest BCUT2D eigenvalue weighted by Crippen LogP contribution is -2.26. The highest BCUT2D eigenvalue weighted by atomic mass is 35.5. The van der Waals surface area contributed by atoms with Crippen molar-refractivity contribution in [2.45, 2.75) is 25.1 Å².